The van der Waals surface area contributed by atoms with E-state index in [-0.39, 0.29) is 0 Å². The molecule has 0 N–H and O–H groups in total. The SMILES string of the molecule is CC(C)N(Cc1ccccc1)c1ccc(OCc2ccccc2)c(OCc2ccccc2)c1. The van der Waals surface area contributed by atoms with Crippen LogP contribution in [0.25, 0.3) is 0 Å². The monoisotopic (exact) mass is 437 g/mol. The van der Waals surface area contributed by atoms with Crippen molar-refractivity contribution in [1.29, 1.82) is 0 Å². The van der Waals surface area contributed by atoms with Crippen LogP contribution >= 0.6 is 0 Å². The van der Waals surface area contributed by atoms with E-state index >= 15 is 0 Å². The quantitative estimate of drug-likeness (QED) is 0.261. The van der Waals surface area contributed by atoms with Crippen LogP contribution in [-0.2, 0) is 19.8 Å². The first kappa shape index (κ1) is 22.5. The molecule has 0 bridgehead atoms. The smallest absolute Gasteiger partial charge is 0.163 e. The minimum absolute atomic E-state index is 0.336. The predicted molar refractivity (Wildman–Crippen MR) is 136 cm³/mol. The minimum atomic E-state index is 0.336. The second kappa shape index (κ2) is 11.2. The summed E-state index contributed by atoms with van der Waals surface area (Å²) in [7, 11) is 0. The Hall–Kier alpha value is -3.72. The van der Waals surface area contributed by atoms with E-state index in [1.54, 1.807) is 0 Å². The molecule has 4 aromatic carbocycles. The van der Waals surface area contributed by atoms with E-state index in [0.29, 0.717) is 19.3 Å². The van der Waals surface area contributed by atoms with Crippen molar-refractivity contribution >= 4 is 5.69 Å². The van der Waals surface area contributed by atoms with Crippen LogP contribution in [0.5, 0.6) is 11.5 Å². The van der Waals surface area contributed by atoms with Crippen LogP contribution < -0.4 is 14.4 Å². The zero-order valence-electron chi connectivity index (χ0n) is 19.4. The summed E-state index contributed by atoms with van der Waals surface area (Å²) in [5.74, 6) is 1.51. The van der Waals surface area contributed by atoms with Crippen molar-refractivity contribution in [3.05, 3.63) is 126 Å². The van der Waals surface area contributed by atoms with E-state index < -0.39 is 0 Å². The maximum atomic E-state index is 6.28. The molecule has 0 saturated heterocycles. The van der Waals surface area contributed by atoms with Gasteiger partial charge < -0.3 is 14.4 Å². The molecule has 0 heterocycles. The molecule has 0 saturated carbocycles. The van der Waals surface area contributed by atoms with Crippen LogP contribution in [0.4, 0.5) is 5.69 Å². The summed E-state index contributed by atoms with van der Waals surface area (Å²) in [5.41, 5.74) is 4.65. The highest BCUT2D eigenvalue weighted by molar-refractivity contribution is 5.57. The summed E-state index contributed by atoms with van der Waals surface area (Å²) < 4.78 is 12.5. The Morgan fingerprint density at radius 1 is 0.576 bits per heavy atom. The van der Waals surface area contributed by atoms with E-state index in [2.05, 4.69) is 85.5 Å². The van der Waals surface area contributed by atoms with Crippen molar-refractivity contribution in [3.63, 3.8) is 0 Å². The van der Waals surface area contributed by atoms with Gasteiger partial charge in [-0.3, -0.25) is 0 Å². The Balaban J connectivity index is 1.59. The predicted octanol–water partition coefficient (Wildman–Crippen LogP) is 7.26. The molecule has 0 aliphatic rings. The second-order valence-corrected chi connectivity index (χ2v) is 8.39. The Labute approximate surface area is 197 Å². The number of hydrogen-bond acceptors (Lipinski definition) is 3. The van der Waals surface area contributed by atoms with Gasteiger partial charge in [0.2, 0.25) is 0 Å². The van der Waals surface area contributed by atoms with Crippen molar-refractivity contribution in [2.24, 2.45) is 0 Å². The Morgan fingerprint density at radius 3 is 1.58 bits per heavy atom. The Morgan fingerprint density at radius 2 is 1.06 bits per heavy atom. The number of benzene rings is 4. The Kier molecular flexibility index (Phi) is 7.65. The number of ether oxygens (including phenoxy) is 2. The number of nitrogens with zero attached hydrogens (tertiary/aromatic N) is 1. The molecule has 0 fully saturated rings. The summed E-state index contributed by atoms with van der Waals surface area (Å²) in [6.07, 6.45) is 0. The lowest BCUT2D eigenvalue weighted by Crippen LogP contribution is -2.30. The molecule has 3 nitrogen and oxygen atoms in total. The summed E-state index contributed by atoms with van der Waals surface area (Å²) in [6.45, 7) is 6.26. The highest BCUT2D eigenvalue weighted by Gasteiger charge is 2.15. The van der Waals surface area contributed by atoms with Crippen LogP contribution in [0, 0.1) is 0 Å². The van der Waals surface area contributed by atoms with E-state index in [4.69, 9.17) is 9.47 Å². The molecule has 168 valence electrons. The van der Waals surface area contributed by atoms with Gasteiger partial charge in [-0.1, -0.05) is 91.0 Å². The standard InChI is InChI=1S/C30H31NO2/c1-24(2)31(21-25-12-6-3-7-13-25)28-18-19-29(32-22-26-14-8-4-9-15-26)30(20-28)33-23-27-16-10-5-11-17-27/h3-20,24H,21-23H2,1-2H3. The zero-order valence-corrected chi connectivity index (χ0v) is 19.4. The van der Waals surface area contributed by atoms with E-state index in [1.165, 1.54) is 5.56 Å². The molecule has 33 heavy (non-hydrogen) atoms. The highest BCUT2D eigenvalue weighted by Crippen LogP contribution is 2.34. The molecule has 0 amide bonds. The van der Waals surface area contributed by atoms with Gasteiger partial charge in [0.1, 0.15) is 13.2 Å². The highest BCUT2D eigenvalue weighted by atomic mass is 16.5. The molecular weight excluding hydrogens is 406 g/mol. The molecule has 0 aliphatic carbocycles. The van der Waals surface area contributed by atoms with Crippen molar-refractivity contribution in [2.75, 3.05) is 4.90 Å². The molecule has 0 unspecified atom stereocenters. The van der Waals surface area contributed by atoms with Gasteiger partial charge in [-0.25, -0.2) is 0 Å². The van der Waals surface area contributed by atoms with Crippen LogP contribution in [0.2, 0.25) is 0 Å². The van der Waals surface area contributed by atoms with Crippen molar-refractivity contribution in [2.45, 2.75) is 39.6 Å². The number of hydrogen-bond donors (Lipinski definition) is 0. The second-order valence-electron chi connectivity index (χ2n) is 8.39. The zero-order chi connectivity index (χ0) is 22.9. The fraction of sp³-hybridized carbons (Fsp3) is 0.200. The maximum absolute atomic E-state index is 6.28. The lowest BCUT2D eigenvalue weighted by molar-refractivity contribution is 0.256. The van der Waals surface area contributed by atoms with Crippen molar-refractivity contribution < 1.29 is 9.47 Å². The first-order valence-electron chi connectivity index (χ1n) is 11.5. The maximum Gasteiger partial charge on any atom is 0.163 e. The first-order chi connectivity index (χ1) is 16.2. The third-order valence-electron chi connectivity index (χ3n) is 5.55. The van der Waals surface area contributed by atoms with Gasteiger partial charge in [-0.05, 0) is 42.7 Å². The molecule has 0 aliphatic heterocycles. The average molecular weight is 438 g/mol. The molecule has 0 radical (unpaired) electrons. The lowest BCUT2D eigenvalue weighted by atomic mass is 10.1. The van der Waals surface area contributed by atoms with Crippen molar-refractivity contribution in [1.82, 2.24) is 0 Å². The van der Waals surface area contributed by atoms with Gasteiger partial charge in [-0.2, -0.15) is 0 Å². The first-order valence-corrected chi connectivity index (χ1v) is 11.5. The average Bonchev–Trinajstić information content (AvgIpc) is 2.87. The molecule has 4 aromatic rings. The van der Waals surface area contributed by atoms with Gasteiger partial charge >= 0.3 is 0 Å². The van der Waals surface area contributed by atoms with Crippen molar-refractivity contribution in [3.8, 4) is 11.5 Å². The third-order valence-corrected chi connectivity index (χ3v) is 5.55. The van der Waals surface area contributed by atoms with Crippen LogP contribution in [0.1, 0.15) is 30.5 Å². The fourth-order valence-corrected chi connectivity index (χ4v) is 3.73. The van der Waals surface area contributed by atoms with Crippen LogP contribution in [-0.4, -0.2) is 6.04 Å². The number of anilines is 1. The fourth-order valence-electron chi connectivity index (χ4n) is 3.73. The molecule has 3 heteroatoms. The van der Waals surface area contributed by atoms with E-state index in [1.807, 2.05) is 42.5 Å². The topological polar surface area (TPSA) is 21.7 Å². The minimum Gasteiger partial charge on any atom is -0.485 e. The lowest BCUT2D eigenvalue weighted by Gasteiger charge is -2.30. The van der Waals surface area contributed by atoms with Gasteiger partial charge in [-0.15, -0.1) is 0 Å². The normalized spacial score (nSPS) is 10.8. The van der Waals surface area contributed by atoms with Gasteiger partial charge in [0.05, 0.1) is 0 Å². The largest absolute Gasteiger partial charge is 0.485 e. The van der Waals surface area contributed by atoms with E-state index in [0.717, 1.165) is 34.9 Å². The molecule has 0 aromatic heterocycles. The molecular formula is C30H31NO2. The molecule has 0 spiro atoms. The summed E-state index contributed by atoms with van der Waals surface area (Å²) in [4.78, 5) is 2.38. The van der Waals surface area contributed by atoms with Crippen LogP contribution in [0.3, 0.4) is 0 Å². The van der Waals surface area contributed by atoms with Gasteiger partial charge in [0, 0.05) is 24.3 Å². The molecule has 4 rings (SSSR count). The van der Waals surface area contributed by atoms with E-state index in [9.17, 15) is 0 Å². The molecule has 0 atom stereocenters. The summed E-state index contributed by atoms with van der Waals surface area (Å²) in [5, 5.41) is 0. The van der Waals surface area contributed by atoms with Crippen LogP contribution in [0.15, 0.2) is 109 Å². The van der Waals surface area contributed by atoms with Gasteiger partial charge in [0.15, 0.2) is 11.5 Å². The number of rotatable bonds is 10. The Bertz CT molecular complexity index is 1110. The summed E-state index contributed by atoms with van der Waals surface area (Å²) >= 11 is 0. The summed E-state index contributed by atoms with van der Waals surface area (Å²) in [6, 6.07) is 37.6. The third kappa shape index (κ3) is 6.39. The van der Waals surface area contributed by atoms with Gasteiger partial charge in [0.25, 0.3) is 0 Å².